The summed E-state index contributed by atoms with van der Waals surface area (Å²) in [5.74, 6) is -0.312. The number of rotatable bonds is 2. The van der Waals surface area contributed by atoms with E-state index in [0.717, 1.165) is 29.4 Å². The van der Waals surface area contributed by atoms with Gasteiger partial charge in [0.05, 0.1) is 0 Å². The topological polar surface area (TPSA) is 36.1 Å². The molecule has 0 atom stereocenters. The van der Waals surface area contributed by atoms with Gasteiger partial charge in [-0.15, -0.1) is 0 Å². The van der Waals surface area contributed by atoms with Crippen LogP contribution < -0.4 is 0 Å². The molecular formula is C20H18F2N2O. The molecule has 0 unspecified atom stereocenters. The number of halogens is 2. The van der Waals surface area contributed by atoms with Crippen molar-refractivity contribution in [1.82, 2.24) is 9.88 Å². The highest BCUT2D eigenvalue weighted by Crippen LogP contribution is 2.30. The number of benzene rings is 2. The van der Waals surface area contributed by atoms with Crippen LogP contribution in [0.4, 0.5) is 8.78 Å². The summed E-state index contributed by atoms with van der Waals surface area (Å²) in [4.78, 5) is 17.7. The number of hydrogen-bond donors (Lipinski definition) is 1. The summed E-state index contributed by atoms with van der Waals surface area (Å²) in [6.45, 7) is 1.31. The third-order valence-electron chi connectivity index (χ3n) is 4.92. The Morgan fingerprint density at radius 2 is 1.64 bits per heavy atom. The highest BCUT2D eigenvalue weighted by atomic mass is 19.1. The van der Waals surface area contributed by atoms with Gasteiger partial charge in [-0.05, 0) is 61.4 Å². The predicted octanol–water partition coefficient (Wildman–Crippen LogP) is 4.47. The number of nitrogens with one attached hydrogen (secondary N) is 1. The summed E-state index contributed by atoms with van der Waals surface area (Å²) >= 11 is 0. The highest BCUT2D eigenvalue weighted by Gasteiger charge is 2.25. The van der Waals surface area contributed by atoms with Gasteiger partial charge < -0.3 is 9.88 Å². The van der Waals surface area contributed by atoms with Crippen molar-refractivity contribution in [3.05, 3.63) is 71.4 Å². The molecule has 0 spiro atoms. The van der Waals surface area contributed by atoms with Crippen molar-refractivity contribution in [2.45, 2.75) is 18.8 Å². The lowest BCUT2D eigenvalue weighted by molar-refractivity contribution is 0.0712. The van der Waals surface area contributed by atoms with E-state index in [4.69, 9.17) is 0 Å². The minimum absolute atomic E-state index is 0.0582. The quantitative estimate of drug-likeness (QED) is 0.734. The molecular weight excluding hydrogens is 322 g/mol. The Morgan fingerprint density at radius 3 is 2.36 bits per heavy atom. The van der Waals surface area contributed by atoms with Gasteiger partial charge in [-0.1, -0.05) is 0 Å². The zero-order valence-electron chi connectivity index (χ0n) is 13.6. The van der Waals surface area contributed by atoms with Gasteiger partial charge in [-0.2, -0.15) is 0 Å². The SMILES string of the molecule is O=C(c1ccc(F)cc1)N1CCC(c2cc3cc(F)ccc3[nH]2)CC1. The van der Waals surface area contributed by atoms with Crippen molar-refractivity contribution in [1.29, 1.82) is 0 Å². The summed E-state index contributed by atoms with van der Waals surface area (Å²) in [6.07, 6.45) is 1.70. The molecule has 4 rings (SSSR count). The van der Waals surface area contributed by atoms with E-state index >= 15 is 0 Å². The second kappa shape index (κ2) is 6.31. The lowest BCUT2D eigenvalue weighted by Crippen LogP contribution is -2.38. The van der Waals surface area contributed by atoms with Crippen molar-refractivity contribution < 1.29 is 13.6 Å². The van der Waals surface area contributed by atoms with Crippen LogP contribution >= 0.6 is 0 Å². The molecule has 0 aliphatic carbocycles. The van der Waals surface area contributed by atoms with Crippen LogP contribution in [0.15, 0.2) is 48.5 Å². The van der Waals surface area contributed by atoms with Crippen LogP contribution in [-0.2, 0) is 0 Å². The number of carbonyl (C=O) groups excluding carboxylic acids is 1. The van der Waals surface area contributed by atoms with Gasteiger partial charge in [-0.25, -0.2) is 8.78 Å². The first-order valence-corrected chi connectivity index (χ1v) is 8.43. The first-order valence-electron chi connectivity index (χ1n) is 8.43. The molecule has 2 heterocycles. The van der Waals surface area contributed by atoms with Crippen LogP contribution in [0.5, 0.6) is 0 Å². The standard InChI is InChI=1S/C20H18F2N2O/c21-16-3-1-14(2-4-16)20(25)24-9-7-13(8-10-24)19-12-15-11-17(22)5-6-18(15)23-19/h1-6,11-13,23H,7-10H2. The Labute approximate surface area is 144 Å². The minimum atomic E-state index is -0.342. The number of aromatic nitrogens is 1. The van der Waals surface area contributed by atoms with Gasteiger partial charge in [0.25, 0.3) is 5.91 Å². The Hall–Kier alpha value is -2.69. The fourth-order valence-corrected chi connectivity index (χ4v) is 3.51. The molecule has 1 amide bonds. The summed E-state index contributed by atoms with van der Waals surface area (Å²) in [5, 5.41) is 0.875. The molecule has 25 heavy (non-hydrogen) atoms. The van der Waals surface area contributed by atoms with E-state index in [1.54, 1.807) is 6.07 Å². The fourth-order valence-electron chi connectivity index (χ4n) is 3.51. The molecule has 0 bridgehead atoms. The van der Waals surface area contributed by atoms with Gasteiger partial charge in [0.1, 0.15) is 11.6 Å². The molecule has 1 aromatic heterocycles. The Morgan fingerprint density at radius 1 is 0.960 bits per heavy atom. The van der Waals surface area contributed by atoms with Crippen LogP contribution in [0.1, 0.15) is 34.8 Å². The molecule has 0 radical (unpaired) electrons. The number of piperidine rings is 1. The third kappa shape index (κ3) is 3.14. The number of H-pyrrole nitrogens is 1. The maximum atomic E-state index is 13.3. The van der Waals surface area contributed by atoms with Gasteiger partial charge in [0, 0.05) is 41.2 Å². The summed E-state index contributed by atoms with van der Waals surface area (Å²) in [6, 6.07) is 12.4. The number of likely N-dealkylation sites (tertiary alicyclic amines) is 1. The minimum Gasteiger partial charge on any atom is -0.358 e. The van der Waals surface area contributed by atoms with Crippen LogP contribution in [0.3, 0.4) is 0 Å². The second-order valence-electron chi connectivity index (χ2n) is 6.53. The number of carbonyl (C=O) groups is 1. The fraction of sp³-hybridized carbons (Fsp3) is 0.250. The van der Waals surface area contributed by atoms with E-state index < -0.39 is 0 Å². The second-order valence-corrected chi connectivity index (χ2v) is 6.53. The Balaban J connectivity index is 1.45. The molecule has 1 saturated heterocycles. The maximum absolute atomic E-state index is 13.3. The lowest BCUT2D eigenvalue weighted by Gasteiger charge is -2.31. The van der Waals surface area contributed by atoms with Crippen molar-refractivity contribution >= 4 is 16.8 Å². The molecule has 1 aliphatic heterocycles. The normalized spacial score (nSPS) is 15.7. The molecule has 128 valence electrons. The number of fused-ring (bicyclic) bond motifs is 1. The molecule has 1 aliphatic rings. The van der Waals surface area contributed by atoms with Gasteiger partial charge in [0.15, 0.2) is 0 Å². The molecule has 0 saturated carbocycles. The first-order chi connectivity index (χ1) is 12.1. The predicted molar refractivity (Wildman–Crippen MR) is 92.5 cm³/mol. The molecule has 1 fully saturated rings. The van der Waals surface area contributed by atoms with E-state index in [1.165, 1.54) is 36.4 Å². The molecule has 3 nitrogen and oxygen atoms in total. The van der Waals surface area contributed by atoms with Crippen LogP contribution in [0.2, 0.25) is 0 Å². The summed E-state index contributed by atoms with van der Waals surface area (Å²) in [7, 11) is 0. The number of nitrogens with zero attached hydrogens (tertiary/aromatic N) is 1. The van der Waals surface area contributed by atoms with E-state index in [9.17, 15) is 13.6 Å². The summed E-state index contributed by atoms with van der Waals surface area (Å²) < 4.78 is 26.3. The van der Waals surface area contributed by atoms with Crippen LogP contribution in [0, 0.1) is 11.6 Å². The van der Waals surface area contributed by atoms with Gasteiger partial charge in [0.2, 0.25) is 0 Å². The molecule has 1 N–H and O–H groups in total. The zero-order valence-corrected chi connectivity index (χ0v) is 13.6. The first kappa shape index (κ1) is 15.8. The molecule has 3 aromatic rings. The molecule has 5 heteroatoms. The summed E-state index contributed by atoms with van der Waals surface area (Å²) in [5.41, 5.74) is 2.54. The van der Waals surface area contributed by atoms with E-state index in [1.807, 2.05) is 11.0 Å². The lowest BCUT2D eigenvalue weighted by atomic mass is 9.93. The number of aromatic amines is 1. The number of hydrogen-bond acceptors (Lipinski definition) is 1. The monoisotopic (exact) mass is 340 g/mol. The van der Waals surface area contributed by atoms with Crippen molar-refractivity contribution in [2.75, 3.05) is 13.1 Å². The zero-order chi connectivity index (χ0) is 17.4. The Bertz CT molecular complexity index is 909. The van der Waals surface area contributed by atoms with Gasteiger partial charge in [-0.3, -0.25) is 4.79 Å². The van der Waals surface area contributed by atoms with Crippen molar-refractivity contribution in [2.24, 2.45) is 0 Å². The smallest absolute Gasteiger partial charge is 0.253 e. The number of amides is 1. The van der Waals surface area contributed by atoms with Crippen LogP contribution in [0.25, 0.3) is 10.9 Å². The van der Waals surface area contributed by atoms with Crippen molar-refractivity contribution in [3.63, 3.8) is 0 Å². The average Bonchev–Trinajstić information content (AvgIpc) is 3.05. The Kier molecular flexibility index (Phi) is 3.99. The molecule has 2 aromatic carbocycles. The van der Waals surface area contributed by atoms with Crippen LogP contribution in [-0.4, -0.2) is 28.9 Å². The maximum Gasteiger partial charge on any atom is 0.253 e. The largest absolute Gasteiger partial charge is 0.358 e. The van der Waals surface area contributed by atoms with E-state index in [0.29, 0.717) is 24.6 Å². The highest BCUT2D eigenvalue weighted by molar-refractivity contribution is 5.94. The van der Waals surface area contributed by atoms with E-state index in [-0.39, 0.29) is 17.5 Å². The third-order valence-corrected chi connectivity index (χ3v) is 4.92. The average molecular weight is 340 g/mol. The van der Waals surface area contributed by atoms with Crippen molar-refractivity contribution in [3.8, 4) is 0 Å². The van der Waals surface area contributed by atoms with E-state index in [2.05, 4.69) is 4.98 Å². The van der Waals surface area contributed by atoms with Gasteiger partial charge >= 0.3 is 0 Å².